The number of unbranched alkanes of at least 4 members (excludes halogenated alkanes) is 1. The number of amides is 1. The van der Waals surface area contributed by atoms with E-state index in [-0.39, 0.29) is 29.8 Å². The first-order valence-corrected chi connectivity index (χ1v) is 10.0. The van der Waals surface area contributed by atoms with E-state index in [9.17, 15) is 13.2 Å². The van der Waals surface area contributed by atoms with Crippen LogP contribution in [0.15, 0.2) is 0 Å². The second kappa shape index (κ2) is 6.45. The van der Waals surface area contributed by atoms with E-state index in [1.165, 1.54) is 17.1 Å². The van der Waals surface area contributed by atoms with E-state index in [4.69, 9.17) is 4.74 Å². The van der Waals surface area contributed by atoms with Crippen molar-refractivity contribution in [1.29, 1.82) is 0 Å². The number of hydrogen-bond donors (Lipinski definition) is 1. The third-order valence-electron chi connectivity index (χ3n) is 4.87. The van der Waals surface area contributed by atoms with Gasteiger partial charge in [-0.25, -0.2) is 8.42 Å². The fourth-order valence-corrected chi connectivity index (χ4v) is 4.96. The molecule has 22 heavy (non-hydrogen) atoms. The van der Waals surface area contributed by atoms with E-state index in [2.05, 4.69) is 5.32 Å². The van der Waals surface area contributed by atoms with Gasteiger partial charge in [0, 0.05) is 19.6 Å². The quantitative estimate of drug-likeness (QED) is 0.747. The summed E-state index contributed by atoms with van der Waals surface area (Å²) in [5, 5.41) is 3.00. The van der Waals surface area contributed by atoms with Crippen molar-refractivity contribution in [2.45, 2.75) is 51.2 Å². The Morgan fingerprint density at radius 3 is 2.77 bits per heavy atom. The Hall–Kier alpha value is -0.660. The number of morpholine rings is 1. The lowest BCUT2D eigenvalue weighted by Gasteiger charge is -2.32. The zero-order chi connectivity index (χ0) is 15.7. The molecule has 0 unspecified atom stereocenters. The number of rotatable bonds is 7. The fourth-order valence-electron chi connectivity index (χ4n) is 3.28. The van der Waals surface area contributed by atoms with Crippen molar-refractivity contribution in [3.05, 3.63) is 0 Å². The first-order valence-electron chi connectivity index (χ1n) is 8.40. The summed E-state index contributed by atoms with van der Waals surface area (Å²) in [4.78, 5) is 12.3. The van der Waals surface area contributed by atoms with E-state index in [0.29, 0.717) is 31.8 Å². The molecule has 1 N–H and O–H groups in total. The molecule has 0 spiro atoms. The molecule has 2 heterocycles. The van der Waals surface area contributed by atoms with Crippen LogP contribution in [0.25, 0.3) is 0 Å². The van der Waals surface area contributed by atoms with Crippen LogP contribution in [-0.4, -0.2) is 56.2 Å². The first-order chi connectivity index (χ1) is 10.5. The average Bonchev–Trinajstić information content (AvgIpc) is 3.27. The molecule has 1 aliphatic carbocycles. The first kappa shape index (κ1) is 16.2. The summed E-state index contributed by atoms with van der Waals surface area (Å²) in [5.41, 5.74) is 0. The topological polar surface area (TPSA) is 75.7 Å². The molecule has 0 radical (unpaired) electrons. The standard InChI is InChI=1S/C15H26N2O4S/c1-2-3-6-22(19,20)17-9-12-7-13(14(10-17)21-12)15(18)16-8-11-4-5-11/h11-14H,2-10H2,1H3,(H,16,18)/t12-,13+,14-/m0/s1. The summed E-state index contributed by atoms with van der Waals surface area (Å²) >= 11 is 0. The second-order valence-electron chi connectivity index (χ2n) is 6.81. The normalized spacial score (nSPS) is 32.1. The van der Waals surface area contributed by atoms with Gasteiger partial charge in [-0.2, -0.15) is 4.31 Å². The van der Waals surface area contributed by atoms with Crippen LogP contribution in [0.5, 0.6) is 0 Å². The highest BCUT2D eigenvalue weighted by molar-refractivity contribution is 7.89. The highest BCUT2D eigenvalue weighted by Gasteiger charge is 2.47. The van der Waals surface area contributed by atoms with Crippen molar-refractivity contribution in [1.82, 2.24) is 9.62 Å². The average molecular weight is 330 g/mol. The van der Waals surface area contributed by atoms with Gasteiger partial charge in [-0.1, -0.05) is 13.3 Å². The molecular formula is C15H26N2O4S. The third kappa shape index (κ3) is 3.63. The smallest absolute Gasteiger partial charge is 0.225 e. The predicted molar refractivity (Wildman–Crippen MR) is 82.8 cm³/mol. The lowest BCUT2D eigenvalue weighted by atomic mass is 9.99. The zero-order valence-electron chi connectivity index (χ0n) is 13.2. The van der Waals surface area contributed by atoms with Crippen LogP contribution in [0.1, 0.15) is 39.0 Å². The Bertz CT molecular complexity index is 518. The van der Waals surface area contributed by atoms with Crippen LogP contribution in [0.2, 0.25) is 0 Å². The van der Waals surface area contributed by atoms with Crippen molar-refractivity contribution in [3.8, 4) is 0 Å². The molecule has 1 saturated carbocycles. The van der Waals surface area contributed by atoms with Gasteiger partial charge in [-0.3, -0.25) is 4.79 Å². The molecule has 0 aromatic heterocycles. The molecule has 7 heteroatoms. The summed E-state index contributed by atoms with van der Waals surface area (Å²) in [6.45, 7) is 3.46. The van der Waals surface area contributed by atoms with E-state index in [1.54, 1.807) is 0 Å². The Morgan fingerprint density at radius 1 is 1.32 bits per heavy atom. The van der Waals surface area contributed by atoms with Gasteiger partial charge in [0.05, 0.1) is 23.9 Å². The molecule has 126 valence electrons. The highest BCUT2D eigenvalue weighted by atomic mass is 32.2. The summed E-state index contributed by atoms with van der Waals surface area (Å²) in [7, 11) is -3.21. The zero-order valence-corrected chi connectivity index (χ0v) is 14.0. The Labute approximate surface area is 132 Å². The number of ether oxygens (including phenoxy) is 1. The number of carbonyl (C=O) groups excluding carboxylic acids is 1. The number of nitrogens with one attached hydrogen (secondary N) is 1. The van der Waals surface area contributed by atoms with Crippen LogP contribution < -0.4 is 5.32 Å². The largest absolute Gasteiger partial charge is 0.371 e. The van der Waals surface area contributed by atoms with Gasteiger partial charge in [-0.15, -0.1) is 0 Å². The minimum Gasteiger partial charge on any atom is -0.371 e. The number of hydrogen-bond acceptors (Lipinski definition) is 4. The molecule has 0 aromatic rings. The number of sulfonamides is 1. The number of carbonyl (C=O) groups is 1. The molecule has 2 bridgehead atoms. The molecule has 2 saturated heterocycles. The van der Waals surface area contributed by atoms with Crippen LogP contribution in [0.4, 0.5) is 0 Å². The SMILES string of the molecule is CCCCS(=O)(=O)N1C[C@@H]2C[C@@H](C(=O)NCC3CC3)[C@H](C1)O2. The Kier molecular flexibility index (Phi) is 4.75. The summed E-state index contributed by atoms with van der Waals surface area (Å²) in [6.07, 6.45) is 4.18. The molecule has 1 amide bonds. The van der Waals surface area contributed by atoms with Crippen LogP contribution in [-0.2, 0) is 19.6 Å². The van der Waals surface area contributed by atoms with Crippen molar-refractivity contribution in [2.24, 2.45) is 11.8 Å². The molecular weight excluding hydrogens is 304 g/mol. The van der Waals surface area contributed by atoms with Crippen molar-refractivity contribution >= 4 is 15.9 Å². The van der Waals surface area contributed by atoms with Crippen LogP contribution >= 0.6 is 0 Å². The lowest BCUT2D eigenvalue weighted by molar-refractivity contribution is -0.127. The minimum atomic E-state index is -3.21. The van der Waals surface area contributed by atoms with Crippen molar-refractivity contribution in [2.75, 3.05) is 25.4 Å². The molecule has 3 aliphatic rings. The maximum absolute atomic E-state index is 12.3. The van der Waals surface area contributed by atoms with E-state index in [0.717, 1.165) is 13.0 Å². The predicted octanol–water partition coefficient (Wildman–Crippen LogP) is 0.732. The van der Waals surface area contributed by atoms with Crippen LogP contribution in [0.3, 0.4) is 0 Å². The summed E-state index contributed by atoms with van der Waals surface area (Å²) in [5.74, 6) is 0.681. The van der Waals surface area contributed by atoms with Gasteiger partial charge >= 0.3 is 0 Å². The molecule has 0 aromatic carbocycles. The molecule has 3 rings (SSSR count). The van der Waals surface area contributed by atoms with Gasteiger partial charge in [0.25, 0.3) is 0 Å². The minimum absolute atomic E-state index is 0.0345. The monoisotopic (exact) mass is 330 g/mol. The number of nitrogens with zero attached hydrogens (tertiary/aromatic N) is 1. The summed E-state index contributed by atoms with van der Waals surface area (Å²) in [6, 6.07) is 0. The van der Waals surface area contributed by atoms with Crippen molar-refractivity contribution < 1.29 is 17.9 Å². The Balaban J connectivity index is 1.58. The van der Waals surface area contributed by atoms with E-state index < -0.39 is 10.0 Å². The maximum Gasteiger partial charge on any atom is 0.225 e. The lowest BCUT2D eigenvalue weighted by Crippen LogP contribution is -2.48. The van der Waals surface area contributed by atoms with Crippen molar-refractivity contribution in [3.63, 3.8) is 0 Å². The van der Waals surface area contributed by atoms with Gasteiger partial charge in [0.2, 0.25) is 15.9 Å². The fraction of sp³-hybridized carbons (Fsp3) is 0.933. The molecule has 6 nitrogen and oxygen atoms in total. The van der Waals surface area contributed by atoms with Gasteiger partial charge < -0.3 is 10.1 Å². The van der Waals surface area contributed by atoms with E-state index >= 15 is 0 Å². The second-order valence-corrected chi connectivity index (χ2v) is 8.90. The maximum atomic E-state index is 12.3. The van der Waals surface area contributed by atoms with Gasteiger partial charge in [0.15, 0.2) is 0 Å². The molecule has 3 fully saturated rings. The molecule has 3 atom stereocenters. The highest BCUT2D eigenvalue weighted by Crippen LogP contribution is 2.34. The van der Waals surface area contributed by atoms with E-state index in [1.807, 2.05) is 6.92 Å². The van der Waals surface area contributed by atoms with Gasteiger partial charge in [-0.05, 0) is 31.6 Å². The van der Waals surface area contributed by atoms with Crippen LogP contribution in [0, 0.1) is 11.8 Å². The summed E-state index contributed by atoms with van der Waals surface area (Å²) < 4.78 is 32.0. The molecule has 2 aliphatic heterocycles. The Morgan fingerprint density at radius 2 is 2.09 bits per heavy atom. The number of fused-ring (bicyclic) bond motifs is 2. The third-order valence-corrected chi connectivity index (χ3v) is 6.76. The van der Waals surface area contributed by atoms with Gasteiger partial charge in [0.1, 0.15) is 0 Å².